The smallest absolute Gasteiger partial charge is 0.329 e. The molecule has 0 saturated carbocycles. The first-order valence-electron chi connectivity index (χ1n) is 2.10. The highest BCUT2D eigenvalue weighted by atomic mass is 28.1. The fourth-order valence-electron chi connectivity index (χ4n) is 0.201. The monoisotopic (exact) mass is 116 g/mol. The van der Waals surface area contributed by atoms with Crippen molar-refractivity contribution in [2.24, 2.45) is 0 Å². The van der Waals surface area contributed by atoms with Gasteiger partial charge in [-0.15, -0.1) is 0 Å². The van der Waals surface area contributed by atoms with E-state index in [2.05, 4.69) is 11.3 Å². The highest BCUT2D eigenvalue weighted by molar-refractivity contribution is 6.09. The lowest BCUT2D eigenvalue weighted by Crippen LogP contribution is -2.00. The lowest BCUT2D eigenvalue weighted by molar-refractivity contribution is -0.135. The fourth-order valence-corrected chi connectivity index (χ4v) is 0.486. The Balaban J connectivity index is 3.17. The van der Waals surface area contributed by atoms with Crippen LogP contribution >= 0.6 is 0 Å². The minimum atomic E-state index is -0.324. The lowest BCUT2D eigenvalue weighted by atomic mass is 10.7. The van der Waals surface area contributed by atoms with Gasteiger partial charge in [-0.25, -0.2) is 4.79 Å². The summed E-state index contributed by atoms with van der Waals surface area (Å²) in [5, 5.41) is 0. The van der Waals surface area contributed by atoms with E-state index in [0.717, 1.165) is 16.3 Å². The lowest BCUT2D eigenvalue weighted by Gasteiger charge is -1.90. The highest BCUT2D eigenvalue weighted by Gasteiger charge is 1.86. The van der Waals surface area contributed by atoms with E-state index in [1.54, 1.807) is 0 Å². The highest BCUT2D eigenvalue weighted by Crippen LogP contribution is 1.72. The maximum absolute atomic E-state index is 10.1. The van der Waals surface area contributed by atoms with Crippen LogP contribution in [0, 0.1) is 0 Å². The van der Waals surface area contributed by atoms with Gasteiger partial charge in [0.1, 0.15) is 0 Å². The number of rotatable bonds is 2. The molecule has 0 amide bonds. The van der Waals surface area contributed by atoms with Crippen molar-refractivity contribution in [2.45, 2.75) is 0 Å². The molecule has 0 heterocycles. The number of hydrogen-bond acceptors (Lipinski definition) is 2. The van der Waals surface area contributed by atoms with E-state index in [-0.39, 0.29) is 5.97 Å². The van der Waals surface area contributed by atoms with Gasteiger partial charge in [0, 0.05) is 6.08 Å². The second-order valence-corrected chi connectivity index (χ2v) is 1.53. The number of carbonyl (C=O) groups excluding carboxylic acids is 1. The molecule has 0 atom stereocenters. The van der Waals surface area contributed by atoms with Gasteiger partial charge >= 0.3 is 5.97 Å². The summed E-state index contributed by atoms with van der Waals surface area (Å²) in [4.78, 5) is 10.1. The van der Waals surface area contributed by atoms with Crippen LogP contribution in [0.4, 0.5) is 0 Å². The molecule has 0 spiro atoms. The van der Waals surface area contributed by atoms with Crippen molar-refractivity contribution in [1.82, 2.24) is 0 Å². The van der Waals surface area contributed by atoms with E-state index in [0.29, 0.717) is 6.23 Å². The van der Waals surface area contributed by atoms with Crippen LogP contribution in [0.3, 0.4) is 0 Å². The van der Waals surface area contributed by atoms with Gasteiger partial charge < -0.3 is 4.74 Å². The van der Waals surface area contributed by atoms with Gasteiger partial charge in [-0.05, 0) is 0 Å². The van der Waals surface area contributed by atoms with Gasteiger partial charge in [-0.2, -0.15) is 0 Å². The summed E-state index contributed by atoms with van der Waals surface area (Å²) in [5.41, 5.74) is 0. The zero-order valence-electron chi connectivity index (χ0n) is 4.31. The van der Waals surface area contributed by atoms with Gasteiger partial charge in [0.2, 0.25) is 0 Å². The third-order valence-corrected chi connectivity index (χ3v) is 0.742. The molecular formula is C4H8O2Si. The van der Waals surface area contributed by atoms with Gasteiger partial charge in [0.15, 0.2) is 0 Å². The number of ether oxygens (including phenoxy) is 1. The maximum Gasteiger partial charge on any atom is 0.329 e. The minimum Gasteiger partial charge on any atom is -0.467 e. The van der Waals surface area contributed by atoms with Crippen molar-refractivity contribution >= 4 is 16.2 Å². The van der Waals surface area contributed by atoms with E-state index in [4.69, 9.17) is 0 Å². The fraction of sp³-hybridized carbons (Fsp3) is 0.250. The Morgan fingerprint density at radius 1 is 2.00 bits per heavy atom. The van der Waals surface area contributed by atoms with Gasteiger partial charge in [0.25, 0.3) is 0 Å². The van der Waals surface area contributed by atoms with E-state index in [1.165, 1.54) is 0 Å². The van der Waals surface area contributed by atoms with Crippen LogP contribution in [0.15, 0.2) is 12.7 Å². The Labute approximate surface area is 45.6 Å². The molecule has 0 aliphatic carbocycles. The number of esters is 1. The molecule has 0 aliphatic heterocycles. The Hall–Kier alpha value is -0.573. The first-order chi connectivity index (χ1) is 3.31. The Kier molecular flexibility index (Phi) is 3.32. The molecule has 0 radical (unpaired) electrons. The second kappa shape index (κ2) is 3.61. The molecule has 0 rings (SSSR count). The molecule has 0 fully saturated rings. The van der Waals surface area contributed by atoms with Crippen LogP contribution in [-0.4, -0.2) is 22.4 Å². The predicted octanol–water partition coefficient (Wildman–Crippen LogP) is -0.962. The summed E-state index contributed by atoms with van der Waals surface area (Å²) in [5.74, 6) is -0.324. The summed E-state index contributed by atoms with van der Waals surface area (Å²) in [6.07, 6.45) is 1.72. The van der Waals surface area contributed by atoms with E-state index in [9.17, 15) is 4.79 Å². The average Bonchev–Trinajstić information content (AvgIpc) is 1.68. The van der Waals surface area contributed by atoms with Crippen molar-refractivity contribution in [3.05, 3.63) is 12.7 Å². The second-order valence-electron chi connectivity index (χ2n) is 0.956. The predicted molar refractivity (Wildman–Crippen MR) is 31.1 cm³/mol. The summed E-state index contributed by atoms with van der Waals surface area (Å²) in [6.45, 7) is 3.22. The zero-order valence-corrected chi connectivity index (χ0v) is 6.31. The molecule has 0 aromatic carbocycles. The molecular weight excluding hydrogens is 108 g/mol. The van der Waals surface area contributed by atoms with Gasteiger partial charge in [0.05, 0.1) is 16.5 Å². The van der Waals surface area contributed by atoms with Crippen molar-refractivity contribution in [3.63, 3.8) is 0 Å². The van der Waals surface area contributed by atoms with Crippen molar-refractivity contribution in [1.29, 1.82) is 0 Å². The normalized spacial score (nSPS) is 8.00. The molecule has 0 N–H and O–H groups in total. The van der Waals surface area contributed by atoms with Crippen LogP contribution in [0.25, 0.3) is 0 Å². The molecule has 7 heavy (non-hydrogen) atoms. The molecule has 0 aliphatic rings. The number of carbonyl (C=O) groups is 1. The van der Waals surface area contributed by atoms with Crippen LogP contribution in [0.5, 0.6) is 0 Å². The van der Waals surface area contributed by atoms with Crippen LogP contribution in [-0.2, 0) is 9.53 Å². The van der Waals surface area contributed by atoms with Gasteiger partial charge in [-0.1, -0.05) is 6.58 Å². The molecule has 40 valence electrons. The largest absolute Gasteiger partial charge is 0.467 e. The van der Waals surface area contributed by atoms with E-state index in [1.807, 2.05) is 0 Å². The Morgan fingerprint density at radius 2 is 2.57 bits per heavy atom. The topological polar surface area (TPSA) is 26.3 Å². The van der Waals surface area contributed by atoms with Crippen molar-refractivity contribution in [2.75, 3.05) is 6.23 Å². The summed E-state index contributed by atoms with van der Waals surface area (Å²) < 4.78 is 4.50. The summed E-state index contributed by atoms with van der Waals surface area (Å²) >= 11 is 0. The van der Waals surface area contributed by atoms with E-state index >= 15 is 0 Å². The quantitative estimate of drug-likeness (QED) is 0.264. The molecule has 0 bridgehead atoms. The SMILES string of the molecule is C=CC(=O)OC[SiH3]. The summed E-state index contributed by atoms with van der Waals surface area (Å²) in [6, 6.07) is 0. The molecule has 0 unspecified atom stereocenters. The first kappa shape index (κ1) is 6.43. The standard InChI is InChI=1S/C4H8O2Si/c1-2-4(5)6-3-7/h2H,1,3H2,7H3. The van der Waals surface area contributed by atoms with Crippen LogP contribution in [0.2, 0.25) is 0 Å². The Bertz CT molecular complexity index is 79.8. The van der Waals surface area contributed by atoms with Crippen molar-refractivity contribution < 1.29 is 9.53 Å². The van der Waals surface area contributed by atoms with Crippen LogP contribution in [0.1, 0.15) is 0 Å². The zero-order chi connectivity index (χ0) is 5.70. The third-order valence-electron chi connectivity index (χ3n) is 0.453. The van der Waals surface area contributed by atoms with E-state index < -0.39 is 0 Å². The van der Waals surface area contributed by atoms with Crippen LogP contribution < -0.4 is 0 Å². The molecule has 0 aromatic rings. The van der Waals surface area contributed by atoms with Gasteiger partial charge in [-0.3, -0.25) is 0 Å². The third kappa shape index (κ3) is 3.25. The molecule has 0 saturated heterocycles. The molecule has 0 aromatic heterocycles. The van der Waals surface area contributed by atoms with Crippen molar-refractivity contribution in [3.8, 4) is 0 Å². The molecule has 3 heteroatoms. The maximum atomic E-state index is 10.1. The first-order valence-corrected chi connectivity index (χ1v) is 3.52. The minimum absolute atomic E-state index is 0.324. The Morgan fingerprint density at radius 3 is 2.71 bits per heavy atom. The summed E-state index contributed by atoms with van der Waals surface area (Å²) in [7, 11) is 0.901. The molecule has 2 nitrogen and oxygen atoms in total. The number of hydrogen-bond donors (Lipinski definition) is 0. The average molecular weight is 116 g/mol.